The van der Waals surface area contributed by atoms with Crippen molar-refractivity contribution in [1.29, 1.82) is 0 Å². The van der Waals surface area contributed by atoms with E-state index in [-0.39, 0.29) is 5.35 Å². The van der Waals surface area contributed by atoms with Gasteiger partial charge in [0.25, 0.3) is 0 Å². The summed E-state index contributed by atoms with van der Waals surface area (Å²) in [5, 5.41) is 3.87. The van der Waals surface area contributed by atoms with Gasteiger partial charge in [0.15, 0.2) is 5.82 Å². The zero-order valence-corrected chi connectivity index (χ0v) is 6.14. The molecule has 54 valence electrons. The summed E-state index contributed by atoms with van der Waals surface area (Å²) >= 11 is 5.45. The minimum atomic E-state index is 0.155. The third-order valence-electron chi connectivity index (χ3n) is 1.89. The molecule has 1 aromatic rings. The summed E-state index contributed by atoms with van der Waals surface area (Å²) in [6.45, 7) is 0. The first-order valence-electron chi connectivity index (χ1n) is 3.35. The SMILES string of the molecule is Clc1nc(C2CCC2)no1. The molecular weight excluding hydrogens is 152 g/mol. The van der Waals surface area contributed by atoms with E-state index in [0.717, 1.165) is 5.82 Å². The molecule has 10 heavy (non-hydrogen) atoms. The van der Waals surface area contributed by atoms with Crippen LogP contribution in [0.4, 0.5) is 0 Å². The maximum Gasteiger partial charge on any atom is 0.320 e. The van der Waals surface area contributed by atoms with E-state index in [9.17, 15) is 0 Å². The summed E-state index contributed by atoms with van der Waals surface area (Å²) in [5.41, 5.74) is 0. The summed E-state index contributed by atoms with van der Waals surface area (Å²) in [4.78, 5) is 3.92. The molecule has 1 saturated carbocycles. The highest BCUT2D eigenvalue weighted by Crippen LogP contribution is 2.34. The van der Waals surface area contributed by atoms with Crippen molar-refractivity contribution >= 4 is 11.6 Å². The summed E-state index contributed by atoms with van der Waals surface area (Å²) in [6.07, 6.45) is 3.63. The summed E-state index contributed by atoms with van der Waals surface area (Å²) in [7, 11) is 0. The third-order valence-corrected chi connectivity index (χ3v) is 2.04. The van der Waals surface area contributed by atoms with Crippen LogP contribution in [0.2, 0.25) is 5.35 Å². The van der Waals surface area contributed by atoms with Gasteiger partial charge in [0.1, 0.15) is 0 Å². The molecule has 1 aliphatic carbocycles. The molecule has 0 unspecified atom stereocenters. The number of aromatic nitrogens is 2. The predicted molar refractivity (Wildman–Crippen MR) is 35.9 cm³/mol. The van der Waals surface area contributed by atoms with Crippen LogP contribution >= 0.6 is 11.6 Å². The zero-order chi connectivity index (χ0) is 6.97. The molecule has 2 rings (SSSR count). The minimum absolute atomic E-state index is 0.155. The molecule has 0 aromatic carbocycles. The maximum absolute atomic E-state index is 5.45. The Morgan fingerprint density at radius 2 is 2.30 bits per heavy atom. The van der Waals surface area contributed by atoms with E-state index in [1.165, 1.54) is 19.3 Å². The van der Waals surface area contributed by atoms with Gasteiger partial charge in [-0.15, -0.1) is 0 Å². The van der Waals surface area contributed by atoms with Crippen LogP contribution in [0.15, 0.2) is 4.52 Å². The quantitative estimate of drug-likeness (QED) is 0.628. The van der Waals surface area contributed by atoms with Crippen LogP contribution in [0.1, 0.15) is 31.0 Å². The van der Waals surface area contributed by atoms with Gasteiger partial charge in [-0.05, 0) is 24.4 Å². The molecule has 4 heteroatoms. The van der Waals surface area contributed by atoms with Crippen molar-refractivity contribution in [2.75, 3.05) is 0 Å². The van der Waals surface area contributed by atoms with Crippen molar-refractivity contribution in [2.45, 2.75) is 25.2 Å². The van der Waals surface area contributed by atoms with Gasteiger partial charge in [-0.25, -0.2) is 0 Å². The van der Waals surface area contributed by atoms with Crippen LogP contribution in [0, 0.1) is 0 Å². The first-order valence-corrected chi connectivity index (χ1v) is 3.73. The van der Waals surface area contributed by atoms with E-state index >= 15 is 0 Å². The molecule has 0 N–H and O–H groups in total. The Balaban J connectivity index is 2.17. The second-order valence-corrected chi connectivity index (χ2v) is 2.86. The first kappa shape index (κ1) is 6.16. The summed E-state index contributed by atoms with van der Waals surface area (Å²) < 4.78 is 4.63. The van der Waals surface area contributed by atoms with Crippen molar-refractivity contribution in [1.82, 2.24) is 10.1 Å². The molecule has 0 radical (unpaired) electrons. The molecular formula is C6H7ClN2O. The molecule has 0 bridgehead atoms. The van der Waals surface area contributed by atoms with Gasteiger partial charge in [0.2, 0.25) is 0 Å². The van der Waals surface area contributed by atoms with Gasteiger partial charge >= 0.3 is 5.35 Å². The molecule has 0 saturated heterocycles. The second kappa shape index (κ2) is 2.23. The number of nitrogens with zero attached hydrogens (tertiary/aromatic N) is 2. The standard InChI is InChI=1S/C6H7ClN2O/c7-6-8-5(9-10-6)4-2-1-3-4/h4H,1-3H2. The van der Waals surface area contributed by atoms with Gasteiger partial charge < -0.3 is 4.52 Å². The van der Waals surface area contributed by atoms with Gasteiger partial charge in [-0.3, -0.25) is 0 Å². The van der Waals surface area contributed by atoms with Crippen LogP contribution in [-0.4, -0.2) is 10.1 Å². The lowest BCUT2D eigenvalue weighted by molar-refractivity contribution is 0.363. The average molecular weight is 159 g/mol. The number of rotatable bonds is 1. The zero-order valence-electron chi connectivity index (χ0n) is 5.38. The van der Waals surface area contributed by atoms with Crippen molar-refractivity contribution in [3.8, 4) is 0 Å². The Hall–Kier alpha value is -0.570. The highest BCUT2D eigenvalue weighted by atomic mass is 35.5. The third kappa shape index (κ3) is 0.904. The fraction of sp³-hybridized carbons (Fsp3) is 0.667. The summed E-state index contributed by atoms with van der Waals surface area (Å²) in [6, 6.07) is 0. The first-order chi connectivity index (χ1) is 4.86. The molecule has 1 aromatic heterocycles. The second-order valence-electron chi connectivity index (χ2n) is 2.53. The molecule has 0 amide bonds. The Morgan fingerprint density at radius 1 is 1.50 bits per heavy atom. The van der Waals surface area contributed by atoms with Gasteiger partial charge in [0, 0.05) is 5.92 Å². The molecule has 1 fully saturated rings. The smallest absolute Gasteiger partial charge is 0.320 e. The number of halogens is 1. The van der Waals surface area contributed by atoms with E-state index < -0.39 is 0 Å². The van der Waals surface area contributed by atoms with Crippen molar-refractivity contribution < 1.29 is 4.52 Å². The molecule has 0 atom stereocenters. The highest BCUT2D eigenvalue weighted by molar-refractivity contribution is 6.27. The number of hydrogen-bond donors (Lipinski definition) is 0. The largest absolute Gasteiger partial charge is 0.321 e. The van der Waals surface area contributed by atoms with Crippen LogP contribution < -0.4 is 0 Å². The highest BCUT2D eigenvalue weighted by Gasteiger charge is 2.24. The van der Waals surface area contributed by atoms with Crippen LogP contribution in [0.5, 0.6) is 0 Å². The van der Waals surface area contributed by atoms with Crippen molar-refractivity contribution in [3.05, 3.63) is 11.2 Å². The van der Waals surface area contributed by atoms with Crippen LogP contribution in [-0.2, 0) is 0 Å². The van der Waals surface area contributed by atoms with Crippen LogP contribution in [0.25, 0.3) is 0 Å². The van der Waals surface area contributed by atoms with E-state index in [2.05, 4.69) is 14.7 Å². The molecule has 1 aliphatic rings. The van der Waals surface area contributed by atoms with E-state index in [1.54, 1.807) is 0 Å². The molecule has 0 aliphatic heterocycles. The fourth-order valence-corrected chi connectivity index (χ4v) is 1.17. The lowest BCUT2D eigenvalue weighted by atomic mass is 9.85. The molecule has 0 spiro atoms. The number of hydrogen-bond acceptors (Lipinski definition) is 3. The van der Waals surface area contributed by atoms with Gasteiger partial charge in [-0.1, -0.05) is 11.6 Å². The van der Waals surface area contributed by atoms with Crippen LogP contribution in [0.3, 0.4) is 0 Å². The van der Waals surface area contributed by atoms with E-state index in [1.807, 2.05) is 0 Å². The topological polar surface area (TPSA) is 38.9 Å². The Morgan fingerprint density at radius 3 is 2.70 bits per heavy atom. The lowest BCUT2D eigenvalue weighted by Gasteiger charge is -2.20. The molecule has 3 nitrogen and oxygen atoms in total. The van der Waals surface area contributed by atoms with Crippen molar-refractivity contribution in [2.24, 2.45) is 0 Å². The summed E-state index contributed by atoms with van der Waals surface area (Å²) in [5.74, 6) is 1.28. The monoisotopic (exact) mass is 158 g/mol. The lowest BCUT2D eigenvalue weighted by Crippen LogP contribution is -2.09. The van der Waals surface area contributed by atoms with E-state index in [0.29, 0.717) is 5.92 Å². The van der Waals surface area contributed by atoms with Gasteiger partial charge in [0.05, 0.1) is 0 Å². The Bertz CT molecular complexity index is 231. The predicted octanol–water partition coefficient (Wildman–Crippen LogP) is 1.99. The Labute approximate surface area is 63.4 Å². The Kier molecular flexibility index (Phi) is 1.38. The fourth-order valence-electron chi connectivity index (χ4n) is 1.05. The molecule has 1 heterocycles. The average Bonchev–Trinajstić information content (AvgIpc) is 2.10. The minimum Gasteiger partial charge on any atom is -0.321 e. The van der Waals surface area contributed by atoms with Crippen molar-refractivity contribution in [3.63, 3.8) is 0 Å². The maximum atomic E-state index is 5.45. The van der Waals surface area contributed by atoms with E-state index in [4.69, 9.17) is 11.6 Å². The van der Waals surface area contributed by atoms with Gasteiger partial charge in [-0.2, -0.15) is 4.98 Å². The normalized spacial score (nSPS) is 18.9.